The summed E-state index contributed by atoms with van der Waals surface area (Å²) >= 11 is 5.96. The molecule has 2 aromatic carbocycles. The van der Waals surface area contributed by atoms with E-state index in [0.29, 0.717) is 23.4 Å². The van der Waals surface area contributed by atoms with E-state index in [2.05, 4.69) is 10.4 Å². The standard InChI is InChI=1S/C24H24ClF3N4O3/c1-22(2,16-4-3-5-17(12-16)24(26,27)28)29-19(33)13-32-21(34)31(14-23(35)10-11-23)20(30-32)15-6-8-18(25)9-7-15/h3-9,12,35H,10-11,13-14H2,1-2H3,(H,29,33). The summed E-state index contributed by atoms with van der Waals surface area (Å²) in [4.78, 5) is 25.9. The minimum absolute atomic E-state index is 0.0289. The van der Waals surface area contributed by atoms with Gasteiger partial charge in [-0.3, -0.25) is 9.36 Å². The summed E-state index contributed by atoms with van der Waals surface area (Å²) in [5, 5.41) is 17.9. The third-order valence-electron chi connectivity index (χ3n) is 5.96. The van der Waals surface area contributed by atoms with Gasteiger partial charge in [0.15, 0.2) is 5.82 Å². The van der Waals surface area contributed by atoms with Crippen molar-refractivity contribution in [2.75, 3.05) is 0 Å². The van der Waals surface area contributed by atoms with Crippen LogP contribution in [-0.2, 0) is 29.6 Å². The molecule has 1 heterocycles. The summed E-state index contributed by atoms with van der Waals surface area (Å²) in [6.07, 6.45) is -3.41. The summed E-state index contributed by atoms with van der Waals surface area (Å²) in [6, 6.07) is 11.3. The van der Waals surface area contributed by atoms with Gasteiger partial charge in [-0.25, -0.2) is 9.48 Å². The molecule has 1 aromatic heterocycles. The average molecular weight is 509 g/mol. The molecule has 186 valence electrons. The largest absolute Gasteiger partial charge is 0.416 e. The second-order valence-electron chi connectivity index (χ2n) is 9.33. The molecule has 2 N–H and O–H groups in total. The molecule has 0 radical (unpaired) electrons. The number of aliphatic hydroxyl groups is 1. The first-order valence-electron chi connectivity index (χ1n) is 10.9. The smallest absolute Gasteiger partial charge is 0.388 e. The van der Waals surface area contributed by atoms with E-state index in [4.69, 9.17) is 11.6 Å². The Kier molecular flexibility index (Phi) is 6.31. The summed E-state index contributed by atoms with van der Waals surface area (Å²) in [6.45, 7) is 2.72. The Hall–Kier alpha value is -3.11. The maximum atomic E-state index is 13.1. The van der Waals surface area contributed by atoms with Gasteiger partial charge < -0.3 is 10.4 Å². The van der Waals surface area contributed by atoms with Crippen LogP contribution in [0.1, 0.15) is 37.8 Å². The number of carbonyl (C=O) groups excluding carboxylic acids is 1. The number of nitrogens with one attached hydrogen (secondary N) is 1. The lowest BCUT2D eigenvalue weighted by Gasteiger charge is -2.27. The Labute approximate surface area is 204 Å². The number of amides is 1. The van der Waals surface area contributed by atoms with Gasteiger partial charge in [0.05, 0.1) is 23.2 Å². The van der Waals surface area contributed by atoms with Crippen molar-refractivity contribution in [3.63, 3.8) is 0 Å². The van der Waals surface area contributed by atoms with Gasteiger partial charge in [-0.05, 0) is 68.7 Å². The highest BCUT2D eigenvalue weighted by molar-refractivity contribution is 6.30. The molecule has 7 nitrogen and oxygen atoms in total. The summed E-state index contributed by atoms with van der Waals surface area (Å²) < 4.78 is 41.6. The Morgan fingerprint density at radius 1 is 1.14 bits per heavy atom. The maximum absolute atomic E-state index is 13.1. The van der Waals surface area contributed by atoms with E-state index >= 15 is 0 Å². The van der Waals surface area contributed by atoms with E-state index in [9.17, 15) is 27.9 Å². The van der Waals surface area contributed by atoms with E-state index in [0.717, 1.165) is 16.8 Å². The molecule has 35 heavy (non-hydrogen) atoms. The van der Waals surface area contributed by atoms with Crippen molar-refractivity contribution in [1.82, 2.24) is 19.7 Å². The zero-order chi connectivity index (χ0) is 25.6. The Morgan fingerprint density at radius 2 is 1.77 bits per heavy atom. The molecule has 1 aliphatic rings. The van der Waals surface area contributed by atoms with Crippen molar-refractivity contribution in [3.8, 4) is 11.4 Å². The van der Waals surface area contributed by atoms with Crippen molar-refractivity contribution in [1.29, 1.82) is 0 Å². The third kappa shape index (κ3) is 5.59. The van der Waals surface area contributed by atoms with E-state index in [-0.39, 0.29) is 17.9 Å². The van der Waals surface area contributed by atoms with Gasteiger partial charge >= 0.3 is 11.9 Å². The van der Waals surface area contributed by atoms with Gasteiger partial charge in [-0.15, -0.1) is 5.10 Å². The quantitative estimate of drug-likeness (QED) is 0.505. The molecule has 11 heteroatoms. The van der Waals surface area contributed by atoms with E-state index < -0.39 is 41.0 Å². The minimum atomic E-state index is -4.51. The number of alkyl halides is 3. The molecule has 4 rings (SSSR count). The van der Waals surface area contributed by atoms with Crippen LogP contribution < -0.4 is 11.0 Å². The topological polar surface area (TPSA) is 89.2 Å². The molecule has 0 unspecified atom stereocenters. The van der Waals surface area contributed by atoms with Crippen LogP contribution in [0.3, 0.4) is 0 Å². The predicted octanol–water partition coefficient (Wildman–Crippen LogP) is 3.96. The predicted molar refractivity (Wildman–Crippen MR) is 124 cm³/mol. The molecule has 1 saturated carbocycles. The normalized spacial score (nSPS) is 15.2. The van der Waals surface area contributed by atoms with E-state index in [1.54, 1.807) is 38.1 Å². The zero-order valence-electron chi connectivity index (χ0n) is 19.1. The van der Waals surface area contributed by atoms with Gasteiger partial charge in [0.2, 0.25) is 5.91 Å². The fourth-order valence-electron chi connectivity index (χ4n) is 3.78. The van der Waals surface area contributed by atoms with Crippen molar-refractivity contribution in [2.24, 2.45) is 0 Å². The first kappa shape index (κ1) is 25.0. The number of hydrogen-bond acceptors (Lipinski definition) is 4. The van der Waals surface area contributed by atoms with Crippen LogP contribution in [0, 0.1) is 0 Å². The fraction of sp³-hybridized carbons (Fsp3) is 0.375. The highest BCUT2D eigenvalue weighted by Gasteiger charge is 2.42. The molecule has 1 fully saturated rings. The van der Waals surface area contributed by atoms with Gasteiger partial charge in [-0.2, -0.15) is 13.2 Å². The molecule has 3 aromatic rings. The SMILES string of the molecule is CC(C)(NC(=O)Cn1nc(-c2ccc(Cl)cc2)n(CC2(O)CC2)c1=O)c1cccc(C(F)(F)F)c1. The van der Waals surface area contributed by atoms with Crippen molar-refractivity contribution in [3.05, 3.63) is 75.2 Å². The lowest BCUT2D eigenvalue weighted by molar-refractivity contribution is -0.137. The van der Waals surface area contributed by atoms with Crippen LogP contribution in [0.25, 0.3) is 11.4 Å². The molecule has 0 aliphatic heterocycles. The van der Waals surface area contributed by atoms with Gasteiger partial charge in [0, 0.05) is 10.6 Å². The Morgan fingerprint density at radius 3 is 2.37 bits per heavy atom. The number of carbonyl (C=O) groups is 1. The molecule has 1 amide bonds. The monoisotopic (exact) mass is 508 g/mol. The van der Waals surface area contributed by atoms with Crippen LogP contribution in [0.5, 0.6) is 0 Å². The number of nitrogens with zero attached hydrogens (tertiary/aromatic N) is 3. The molecular formula is C24H24ClF3N4O3. The Balaban J connectivity index is 1.59. The van der Waals surface area contributed by atoms with Crippen molar-refractivity contribution < 1.29 is 23.1 Å². The van der Waals surface area contributed by atoms with Crippen molar-refractivity contribution >= 4 is 17.5 Å². The summed E-state index contributed by atoms with van der Waals surface area (Å²) in [7, 11) is 0. The molecule has 1 aliphatic carbocycles. The first-order chi connectivity index (χ1) is 16.3. The third-order valence-corrected chi connectivity index (χ3v) is 6.21. The van der Waals surface area contributed by atoms with Crippen LogP contribution >= 0.6 is 11.6 Å². The van der Waals surface area contributed by atoms with E-state index in [1.165, 1.54) is 16.7 Å². The Bertz CT molecular complexity index is 1310. The van der Waals surface area contributed by atoms with Crippen LogP contribution in [0.15, 0.2) is 53.3 Å². The van der Waals surface area contributed by atoms with Gasteiger partial charge in [0.25, 0.3) is 0 Å². The summed E-state index contributed by atoms with van der Waals surface area (Å²) in [5.74, 6) is -0.330. The van der Waals surface area contributed by atoms with E-state index in [1.807, 2.05) is 0 Å². The number of aromatic nitrogens is 3. The highest BCUT2D eigenvalue weighted by atomic mass is 35.5. The van der Waals surface area contributed by atoms with Crippen LogP contribution in [-0.4, -0.2) is 31.0 Å². The minimum Gasteiger partial charge on any atom is -0.388 e. The lowest BCUT2D eigenvalue weighted by Crippen LogP contribution is -2.44. The average Bonchev–Trinajstić information content (AvgIpc) is 3.44. The number of hydrogen-bond donors (Lipinski definition) is 2. The second-order valence-corrected chi connectivity index (χ2v) is 9.77. The maximum Gasteiger partial charge on any atom is 0.416 e. The summed E-state index contributed by atoms with van der Waals surface area (Å²) in [5.41, 5.74) is -2.70. The van der Waals surface area contributed by atoms with Gasteiger partial charge in [0.1, 0.15) is 6.54 Å². The van der Waals surface area contributed by atoms with Crippen LogP contribution in [0.2, 0.25) is 5.02 Å². The van der Waals surface area contributed by atoms with Crippen LogP contribution in [0.4, 0.5) is 13.2 Å². The number of rotatable bonds is 7. The molecular weight excluding hydrogens is 485 g/mol. The molecule has 0 saturated heterocycles. The molecule has 0 atom stereocenters. The first-order valence-corrected chi connectivity index (χ1v) is 11.3. The molecule has 0 bridgehead atoms. The molecule has 0 spiro atoms. The zero-order valence-corrected chi connectivity index (χ0v) is 19.8. The number of benzene rings is 2. The fourth-order valence-corrected chi connectivity index (χ4v) is 3.90. The lowest BCUT2D eigenvalue weighted by atomic mass is 9.92. The highest BCUT2D eigenvalue weighted by Crippen LogP contribution is 2.37. The van der Waals surface area contributed by atoms with Crippen molar-refractivity contribution in [2.45, 2.75) is 57.1 Å². The number of halogens is 4. The second kappa shape index (κ2) is 8.83. The van der Waals surface area contributed by atoms with Gasteiger partial charge in [-0.1, -0.05) is 23.7 Å².